The van der Waals surface area contributed by atoms with Gasteiger partial charge in [0.25, 0.3) is 15.9 Å². The Bertz CT molecular complexity index is 1420. The van der Waals surface area contributed by atoms with Crippen LogP contribution in [0.3, 0.4) is 0 Å². The van der Waals surface area contributed by atoms with Crippen LogP contribution in [-0.4, -0.2) is 33.9 Å². The number of carbonyl (C=O) groups is 1. The van der Waals surface area contributed by atoms with E-state index in [0.717, 1.165) is 12.1 Å². The van der Waals surface area contributed by atoms with E-state index in [1.54, 1.807) is 18.2 Å². The molecule has 8 nitrogen and oxygen atoms in total. The lowest BCUT2D eigenvalue weighted by atomic mass is 10.2. The van der Waals surface area contributed by atoms with Gasteiger partial charge in [0.15, 0.2) is 11.5 Å². The van der Waals surface area contributed by atoms with Crippen LogP contribution in [0.25, 0.3) is 0 Å². The van der Waals surface area contributed by atoms with Gasteiger partial charge in [-0.25, -0.2) is 13.8 Å². The van der Waals surface area contributed by atoms with Crippen molar-refractivity contribution in [1.82, 2.24) is 5.43 Å². The van der Waals surface area contributed by atoms with Crippen molar-refractivity contribution in [2.75, 3.05) is 17.6 Å². The quantitative estimate of drug-likeness (QED) is 0.325. The Labute approximate surface area is 212 Å². The minimum absolute atomic E-state index is 0.0698. The van der Waals surface area contributed by atoms with Crippen molar-refractivity contribution in [3.63, 3.8) is 0 Å². The zero-order valence-electron chi connectivity index (χ0n) is 18.2. The number of hydrogen-bond donors (Lipinski definition) is 1. The van der Waals surface area contributed by atoms with Gasteiger partial charge in [-0.15, -0.1) is 0 Å². The highest BCUT2D eigenvalue weighted by Gasteiger charge is 2.33. The summed E-state index contributed by atoms with van der Waals surface area (Å²) in [5.41, 5.74) is 1.35. The fourth-order valence-corrected chi connectivity index (χ4v) is 5.10. The summed E-state index contributed by atoms with van der Waals surface area (Å²) in [6.07, 6.45) is -3.41. The molecule has 0 aliphatic carbocycles. The van der Waals surface area contributed by atoms with E-state index in [1.807, 2.05) is 0 Å². The minimum atomic E-state index is -4.71. The number of benzene rings is 3. The Hall–Kier alpha value is -3.58. The van der Waals surface area contributed by atoms with Gasteiger partial charge in [-0.1, -0.05) is 24.3 Å². The molecule has 1 amide bonds. The van der Waals surface area contributed by atoms with Crippen molar-refractivity contribution in [3.8, 4) is 11.5 Å². The maximum atomic E-state index is 13.3. The van der Waals surface area contributed by atoms with Gasteiger partial charge in [-0.2, -0.15) is 18.3 Å². The molecule has 0 aromatic heterocycles. The first kappa shape index (κ1) is 25.5. The topological polar surface area (TPSA) is 97.3 Å². The first-order valence-corrected chi connectivity index (χ1v) is 12.4. The number of nitrogens with one attached hydrogen (secondary N) is 1. The van der Waals surface area contributed by atoms with Crippen LogP contribution in [0.2, 0.25) is 0 Å². The molecule has 4 rings (SSSR count). The zero-order valence-corrected chi connectivity index (χ0v) is 20.6. The zero-order chi connectivity index (χ0) is 25.9. The van der Waals surface area contributed by atoms with Crippen molar-refractivity contribution < 1.29 is 35.9 Å². The SMILES string of the molecule is O=C(CN(c1cccc(C(F)(F)F)c1)S(=O)(=O)c1ccccc1)N/N=C\c1cc2c(cc1Br)OCO2. The number of fused-ring (bicyclic) bond motifs is 1. The second kappa shape index (κ2) is 10.2. The Morgan fingerprint density at radius 2 is 1.75 bits per heavy atom. The molecule has 0 fully saturated rings. The third-order valence-corrected chi connectivity index (χ3v) is 7.44. The largest absolute Gasteiger partial charge is 0.454 e. The van der Waals surface area contributed by atoms with Crippen LogP contribution < -0.4 is 19.2 Å². The number of rotatable bonds is 7. The standard InChI is InChI=1S/C23H17BrF3N3O5S/c24-19-11-21-20(34-14-35-21)9-15(19)12-28-29-22(31)13-30(36(32,33)18-7-2-1-3-8-18)17-6-4-5-16(10-17)23(25,26)27/h1-12H,13-14H2,(H,29,31)/b28-12-. The molecule has 1 N–H and O–H groups in total. The molecule has 1 aliphatic heterocycles. The molecule has 36 heavy (non-hydrogen) atoms. The van der Waals surface area contributed by atoms with E-state index >= 15 is 0 Å². The number of sulfonamides is 1. The van der Waals surface area contributed by atoms with Crippen LogP contribution in [0.4, 0.5) is 18.9 Å². The lowest BCUT2D eigenvalue weighted by Gasteiger charge is -2.24. The predicted octanol–water partition coefficient (Wildman–Crippen LogP) is 4.54. The van der Waals surface area contributed by atoms with Crippen LogP contribution in [0.5, 0.6) is 11.5 Å². The van der Waals surface area contributed by atoms with Gasteiger partial charge in [0.1, 0.15) is 6.54 Å². The molecular formula is C23H17BrF3N3O5S. The summed E-state index contributed by atoms with van der Waals surface area (Å²) in [4.78, 5) is 12.4. The molecule has 0 unspecified atom stereocenters. The van der Waals surface area contributed by atoms with E-state index in [2.05, 4.69) is 26.5 Å². The van der Waals surface area contributed by atoms with Crippen LogP contribution in [0.15, 0.2) is 81.2 Å². The van der Waals surface area contributed by atoms with E-state index in [1.165, 1.54) is 36.5 Å². The molecule has 3 aromatic carbocycles. The van der Waals surface area contributed by atoms with Gasteiger partial charge in [0, 0.05) is 10.0 Å². The Balaban J connectivity index is 1.59. The normalized spacial score (nSPS) is 13.1. The molecule has 188 valence electrons. The number of carbonyl (C=O) groups excluding carboxylic acids is 1. The molecule has 0 spiro atoms. The van der Waals surface area contributed by atoms with Gasteiger partial charge >= 0.3 is 6.18 Å². The Kier molecular flexibility index (Phi) is 7.22. The lowest BCUT2D eigenvalue weighted by Crippen LogP contribution is -2.39. The number of hydrogen-bond acceptors (Lipinski definition) is 6. The fraction of sp³-hybridized carbons (Fsp3) is 0.130. The molecule has 13 heteroatoms. The van der Waals surface area contributed by atoms with Crippen LogP contribution in [-0.2, 0) is 21.0 Å². The number of anilines is 1. The molecule has 0 radical (unpaired) electrons. The van der Waals surface area contributed by atoms with Gasteiger partial charge in [0.05, 0.1) is 22.4 Å². The summed E-state index contributed by atoms with van der Waals surface area (Å²) in [6, 6.07) is 14.1. The number of amides is 1. The van der Waals surface area contributed by atoms with Crippen LogP contribution in [0.1, 0.15) is 11.1 Å². The van der Waals surface area contributed by atoms with E-state index in [4.69, 9.17) is 9.47 Å². The highest BCUT2D eigenvalue weighted by molar-refractivity contribution is 9.10. The molecule has 1 aliphatic rings. The van der Waals surface area contributed by atoms with Crippen molar-refractivity contribution in [3.05, 3.63) is 82.3 Å². The van der Waals surface area contributed by atoms with Gasteiger partial charge in [0.2, 0.25) is 6.79 Å². The monoisotopic (exact) mass is 583 g/mol. The summed E-state index contributed by atoms with van der Waals surface area (Å²) in [5, 5.41) is 3.83. The summed E-state index contributed by atoms with van der Waals surface area (Å²) in [6.45, 7) is -0.751. The fourth-order valence-electron chi connectivity index (χ4n) is 3.24. The molecular weight excluding hydrogens is 567 g/mol. The molecule has 0 saturated heterocycles. The minimum Gasteiger partial charge on any atom is -0.454 e. The number of halogens is 4. The van der Waals surface area contributed by atoms with Crippen molar-refractivity contribution in [1.29, 1.82) is 0 Å². The third kappa shape index (κ3) is 5.62. The molecule has 3 aromatic rings. The summed E-state index contributed by atoms with van der Waals surface area (Å²) in [7, 11) is -4.39. The summed E-state index contributed by atoms with van der Waals surface area (Å²) >= 11 is 3.34. The smallest absolute Gasteiger partial charge is 0.416 e. The second-order valence-electron chi connectivity index (χ2n) is 7.39. The average molecular weight is 584 g/mol. The van der Waals surface area contributed by atoms with E-state index in [-0.39, 0.29) is 17.4 Å². The van der Waals surface area contributed by atoms with Crippen molar-refractivity contribution >= 4 is 43.8 Å². The molecule has 0 saturated carbocycles. The lowest BCUT2D eigenvalue weighted by molar-refractivity contribution is -0.137. The van der Waals surface area contributed by atoms with Gasteiger partial charge < -0.3 is 9.47 Å². The number of nitrogens with zero attached hydrogens (tertiary/aromatic N) is 2. The average Bonchev–Trinajstić information content (AvgIpc) is 3.29. The number of ether oxygens (including phenoxy) is 2. The van der Waals surface area contributed by atoms with Crippen LogP contribution >= 0.6 is 15.9 Å². The van der Waals surface area contributed by atoms with Gasteiger partial charge in [-0.05, 0) is 58.4 Å². The first-order chi connectivity index (χ1) is 17.1. The predicted molar refractivity (Wildman–Crippen MR) is 128 cm³/mol. The van der Waals surface area contributed by atoms with E-state index < -0.39 is 34.2 Å². The third-order valence-electron chi connectivity index (χ3n) is 4.96. The molecule has 0 atom stereocenters. The van der Waals surface area contributed by atoms with Gasteiger partial charge in [-0.3, -0.25) is 9.10 Å². The second-order valence-corrected chi connectivity index (χ2v) is 10.1. The molecule has 0 bridgehead atoms. The maximum Gasteiger partial charge on any atom is 0.416 e. The van der Waals surface area contributed by atoms with E-state index in [0.29, 0.717) is 31.9 Å². The summed E-state index contributed by atoms with van der Waals surface area (Å²) in [5.74, 6) is 0.140. The molecule has 1 heterocycles. The van der Waals surface area contributed by atoms with Crippen molar-refractivity contribution in [2.24, 2.45) is 5.10 Å². The van der Waals surface area contributed by atoms with Crippen molar-refractivity contribution in [2.45, 2.75) is 11.1 Å². The highest BCUT2D eigenvalue weighted by Crippen LogP contribution is 2.36. The van der Waals surface area contributed by atoms with Crippen LogP contribution in [0, 0.1) is 0 Å². The maximum absolute atomic E-state index is 13.3. The Morgan fingerprint density at radius 3 is 2.44 bits per heavy atom. The van der Waals surface area contributed by atoms with E-state index in [9.17, 15) is 26.4 Å². The highest BCUT2D eigenvalue weighted by atomic mass is 79.9. The number of alkyl halides is 3. The Morgan fingerprint density at radius 1 is 1.06 bits per heavy atom. The summed E-state index contributed by atoms with van der Waals surface area (Å²) < 4.78 is 78.1. The number of hydrazone groups is 1. The first-order valence-electron chi connectivity index (χ1n) is 10.2.